The number of phenolic OH excluding ortho intramolecular Hbond substituents is 2. The Labute approximate surface area is 200 Å². The highest BCUT2D eigenvalue weighted by atomic mass is 16.5. The highest BCUT2D eigenvalue weighted by Crippen LogP contribution is 2.47. The fourth-order valence-corrected chi connectivity index (χ4v) is 4.38. The molecule has 2 aromatic carbocycles. The molecule has 0 fully saturated rings. The number of hydrogen-bond acceptors (Lipinski definition) is 8. The van der Waals surface area contributed by atoms with Gasteiger partial charge in [-0.05, 0) is 25.3 Å². The molecular weight excluding hydrogens is 438 g/mol. The first-order valence-electron chi connectivity index (χ1n) is 11.1. The Hall–Kier alpha value is -3.23. The lowest BCUT2D eigenvalue weighted by Crippen LogP contribution is -2.28. The van der Waals surface area contributed by atoms with Crippen LogP contribution >= 0.6 is 0 Å². The van der Waals surface area contributed by atoms with Crippen LogP contribution in [-0.4, -0.2) is 62.5 Å². The summed E-state index contributed by atoms with van der Waals surface area (Å²) in [7, 11) is 6.17. The van der Waals surface area contributed by atoms with Crippen LogP contribution in [0.3, 0.4) is 0 Å². The van der Waals surface area contributed by atoms with Gasteiger partial charge in [0.2, 0.25) is 5.78 Å². The van der Waals surface area contributed by atoms with E-state index in [0.717, 1.165) is 0 Å². The Morgan fingerprint density at radius 1 is 0.971 bits per heavy atom. The van der Waals surface area contributed by atoms with Crippen LogP contribution in [0.2, 0.25) is 0 Å². The van der Waals surface area contributed by atoms with Crippen molar-refractivity contribution in [1.29, 1.82) is 5.41 Å². The summed E-state index contributed by atoms with van der Waals surface area (Å²) in [6, 6.07) is 4.69. The molecule has 0 unspecified atom stereocenters. The van der Waals surface area contributed by atoms with Crippen LogP contribution in [0, 0.1) is 11.3 Å². The molecule has 184 valence electrons. The van der Waals surface area contributed by atoms with Crippen molar-refractivity contribution >= 4 is 17.3 Å². The summed E-state index contributed by atoms with van der Waals surface area (Å²) in [5.41, 5.74) is 1.16. The third-order valence-electron chi connectivity index (χ3n) is 5.82. The van der Waals surface area contributed by atoms with Crippen LogP contribution in [-0.2, 0) is 22.3 Å². The zero-order chi connectivity index (χ0) is 25.6. The van der Waals surface area contributed by atoms with Gasteiger partial charge < -0.3 is 29.8 Å². The lowest BCUT2D eigenvalue weighted by atomic mass is 9.74. The average molecular weight is 472 g/mol. The van der Waals surface area contributed by atoms with Crippen LogP contribution in [0.15, 0.2) is 18.2 Å². The highest BCUT2D eigenvalue weighted by Gasteiger charge is 2.40. The van der Waals surface area contributed by atoms with Gasteiger partial charge in [0.25, 0.3) is 0 Å². The molecule has 0 radical (unpaired) electrons. The number of carbonyl (C=O) groups is 2. The number of phenols is 2. The van der Waals surface area contributed by atoms with Gasteiger partial charge in [-0.1, -0.05) is 26.0 Å². The van der Waals surface area contributed by atoms with Crippen molar-refractivity contribution in [2.45, 2.75) is 33.1 Å². The van der Waals surface area contributed by atoms with Gasteiger partial charge in [-0.25, -0.2) is 0 Å². The summed E-state index contributed by atoms with van der Waals surface area (Å²) in [4.78, 5) is 26.4. The molecule has 0 saturated heterocycles. The lowest BCUT2D eigenvalue weighted by molar-refractivity contribution is 0.0971. The van der Waals surface area contributed by atoms with Gasteiger partial charge in [0.15, 0.2) is 5.78 Å². The third kappa shape index (κ3) is 4.69. The fourth-order valence-electron chi connectivity index (χ4n) is 4.38. The Bertz CT molecular complexity index is 1090. The van der Waals surface area contributed by atoms with Gasteiger partial charge in [-0.3, -0.25) is 9.59 Å². The summed E-state index contributed by atoms with van der Waals surface area (Å²) in [6.45, 7) is 4.18. The monoisotopic (exact) mass is 471 g/mol. The minimum atomic E-state index is -0.545. The van der Waals surface area contributed by atoms with Gasteiger partial charge >= 0.3 is 0 Å². The molecule has 0 amide bonds. The molecular formula is C26H33NO7. The van der Waals surface area contributed by atoms with E-state index in [9.17, 15) is 19.8 Å². The highest BCUT2D eigenvalue weighted by molar-refractivity contribution is 6.31. The SMILES string of the molecule is CC.COC.COCC(=N)[C@H]1CCc2c(O)c3c(c(O)c2C1)C(=O)c1cccc(OC)c1C3=O. The Morgan fingerprint density at radius 2 is 1.56 bits per heavy atom. The number of fused-ring (bicyclic) bond motifs is 3. The fraction of sp³-hybridized carbons (Fsp3) is 0.423. The van der Waals surface area contributed by atoms with E-state index in [1.54, 1.807) is 26.4 Å². The maximum atomic E-state index is 13.2. The van der Waals surface area contributed by atoms with E-state index < -0.39 is 11.6 Å². The summed E-state index contributed by atoms with van der Waals surface area (Å²) in [5.74, 6) is -1.53. The smallest absolute Gasteiger partial charge is 0.202 e. The van der Waals surface area contributed by atoms with Crippen molar-refractivity contribution in [3.63, 3.8) is 0 Å². The molecule has 0 spiro atoms. The van der Waals surface area contributed by atoms with Crippen molar-refractivity contribution < 1.29 is 34.0 Å². The molecule has 0 aromatic heterocycles. The summed E-state index contributed by atoms with van der Waals surface area (Å²) < 4.78 is 14.5. The lowest BCUT2D eigenvalue weighted by Gasteiger charge is -2.30. The largest absolute Gasteiger partial charge is 0.507 e. The van der Waals surface area contributed by atoms with Crippen molar-refractivity contribution in [1.82, 2.24) is 0 Å². The number of rotatable bonds is 4. The molecule has 4 rings (SSSR count). The molecule has 0 aliphatic heterocycles. The first kappa shape index (κ1) is 27.0. The maximum Gasteiger partial charge on any atom is 0.202 e. The molecule has 2 aromatic rings. The summed E-state index contributed by atoms with van der Waals surface area (Å²) in [6.07, 6.45) is 1.28. The van der Waals surface area contributed by atoms with Crippen LogP contribution in [0.1, 0.15) is 63.2 Å². The van der Waals surface area contributed by atoms with E-state index in [4.69, 9.17) is 14.9 Å². The van der Waals surface area contributed by atoms with E-state index in [-0.39, 0.29) is 52.0 Å². The van der Waals surface area contributed by atoms with Crippen LogP contribution in [0.25, 0.3) is 0 Å². The molecule has 1 atom stereocenters. The van der Waals surface area contributed by atoms with Gasteiger partial charge in [-0.2, -0.15) is 0 Å². The number of ether oxygens (including phenoxy) is 3. The van der Waals surface area contributed by atoms with Gasteiger partial charge in [0, 0.05) is 49.6 Å². The third-order valence-corrected chi connectivity index (χ3v) is 5.82. The molecule has 0 heterocycles. The Kier molecular flexibility index (Phi) is 9.35. The minimum Gasteiger partial charge on any atom is -0.507 e. The quantitative estimate of drug-likeness (QED) is 0.389. The first-order chi connectivity index (χ1) is 16.3. The first-order valence-corrected chi connectivity index (χ1v) is 11.1. The van der Waals surface area contributed by atoms with E-state index in [0.29, 0.717) is 36.1 Å². The predicted molar refractivity (Wildman–Crippen MR) is 129 cm³/mol. The molecule has 3 N–H and O–H groups in total. The number of methoxy groups -OCH3 is 3. The van der Waals surface area contributed by atoms with Crippen molar-refractivity contribution in [3.8, 4) is 17.2 Å². The van der Waals surface area contributed by atoms with Gasteiger partial charge in [0.1, 0.15) is 17.2 Å². The van der Waals surface area contributed by atoms with Crippen molar-refractivity contribution in [2.75, 3.05) is 35.0 Å². The summed E-state index contributed by atoms with van der Waals surface area (Å²) >= 11 is 0. The molecule has 2 aliphatic rings. The molecule has 34 heavy (non-hydrogen) atoms. The van der Waals surface area contributed by atoms with E-state index in [1.165, 1.54) is 20.3 Å². The van der Waals surface area contributed by atoms with Gasteiger partial charge in [-0.15, -0.1) is 0 Å². The predicted octanol–water partition coefficient (Wildman–Crippen LogP) is 3.94. The van der Waals surface area contributed by atoms with Crippen LogP contribution in [0.4, 0.5) is 0 Å². The van der Waals surface area contributed by atoms with Crippen molar-refractivity contribution in [3.05, 3.63) is 51.6 Å². The topological polar surface area (TPSA) is 126 Å². The second-order valence-corrected chi connectivity index (χ2v) is 7.75. The maximum absolute atomic E-state index is 13.2. The van der Waals surface area contributed by atoms with Gasteiger partial charge in [0.05, 0.1) is 30.4 Å². The molecule has 8 heteroatoms. The Balaban J connectivity index is 0.000000758. The van der Waals surface area contributed by atoms with E-state index in [1.807, 2.05) is 13.8 Å². The number of carbonyl (C=O) groups excluding carboxylic acids is 2. The summed E-state index contributed by atoms with van der Waals surface area (Å²) in [5, 5.41) is 30.0. The average Bonchev–Trinajstić information content (AvgIpc) is 2.85. The van der Waals surface area contributed by atoms with Crippen molar-refractivity contribution in [2.24, 2.45) is 5.92 Å². The zero-order valence-corrected chi connectivity index (χ0v) is 20.6. The second kappa shape index (κ2) is 11.8. The van der Waals surface area contributed by atoms with Crippen LogP contribution in [0.5, 0.6) is 17.2 Å². The number of hydrogen-bond donors (Lipinski definition) is 3. The molecule has 0 saturated carbocycles. The molecule has 2 aliphatic carbocycles. The molecule has 8 nitrogen and oxygen atoms in total. The standard InChI is InChI=1S/C22H21NO6.C2H6O.C2H6/c1-28-9-14(23)10-6-7-11-13(8-10)21(26)17-18(19(11)24)22(27)16-12(20(17)25)4-3-5-15(16)29-2;1-3-2;1-2/h3-5,10,23-24,26H,6-9H2,1-2H3;1-2H3;1-2H3/t10-;;/m0../s1. The molecule has 0 bridgehead atoms. The Morgan fingerprint density at radius 3 is 2.15 bits per heavy atom. The number of aromatic hydroxyl groups is 2. The minimum absolute atomic E-state index is 0.0951. The van der Waals surface area contributed by atoms with E-state index in [2.05, 4.69) is 4.74 Å². The normalized spacial score (nSPS) is 15.5. The number of benzene rings is 2. The number of ketones is 2. The zero-order valence-electron chi connectivity index (χ0n) is 20.6. The number of nitrogens with one attached hydrogen (secondary N) is 1. The van der Waals surface area contributed by atoms with Crippen LogP contribution < -0.4 is 4.74 Å². The second-order valence-electron chi connectivity index (χ2n) is 7.75. The van der Waals surface area contributed by atoms with E-state index >= 15 is 0 Å².